The van der Waals surface area contributed by atoms with Crippen molar-refractivity contribution in [2.24, 2.45) is 5.73 Å². The first-order valence-electron chi connectivity index (χ1n) is 5.51. The van der Waals surface area contributed by atoms with E-state index in [0.29, 0.717) is 0 Å². The van der Waals surface area contributed by atoms with Crippen molar-refractivity contribution in [2.45, 2.75) is 19.8 Å². The average Bonchev–Trinajstić information content (AvgIpc) is 2.17. The minimum atomic E-state index is 0.801. The smallest absolute Gasteiger partial charge is 0.0110 e. The van der Waals surface area contributed by atoms with Gasteiger partial charge in [0, 0.05) is 39.3 Å². The van der Waals surface area contributed by atoms with Crippen LogP contribution >= 0.6 is 0 Å². The maximum Gasteiger partial charge on any atom is 0.0110 e. The molecule has 0 atom stereocenters. The fraction of sp³-hybridized carbons (Fsp3) is 1.00. The second-order valence-corrected chi connectivity index (χ2v) is 3.83. The second-order valence-electron chi connectivity index (χ2n) is 3.83. The lowest BCUT2D eigenvalue weighted by atomic mass is 10.2. The highest BCUT2D eigenvalue weighted by Crippen LogP contribution is 2.02. The number of nitrogens with two attached hydrogens (primary N) is 1. The molecule has 78 valence electrons. The van der Waals surface area contributed by atoms with Gasteiger partial charge in [0.05, 0.1) is 0 Å². The van der Waals surface area contributed by atoms with E-state index in [1.54, 1.807) is 0 Å². The summed E-state index contributed by atoms with van der Waals surface area (Å²) >= 11 is 0. The van der Waals surface area contributed by atoms with Gasteiger partial charge in [-0.1, -0.05) is 13.3 Å². The molecular formula is C10H23N3. The van der Waals surface area contributed by atoms with Gasteiger partial charge in [-0.15, -0.1) is 0 Å². The Hall–Kier alpha value is -0.120. The lowest BCUT2D eigenvalue weighted by molar-refractivity contribution is 0.134. The Bertz CT molecular complexity index is 119. The molecule has 0 spiro atoms. The first-order chi connectivity index (χ1) is 6.36. The molecule has 1 saturated heterocycles. The third-order valence-corrected chi connectivity index (χ3v) is 2.74. The Morgan fingerprint density at radius 3 is 2.00 bits per heavy atom. The van der Waals surface area contributed by atoms with Gasteiger partial charge in [-0.25, -0.2) is 0 Å². The maximum absolute atomic E-state index is 5.52. The van der Waals surface area contributed by atoms with E-state index in [2.05, 4.69) is 16.7 Å². The predicted octanol–water partition coefficient (Wildman–Crippen LogP) is 0.363. The Morgan fingerprint density at radius 2 is 1.54 bits per heavy atom. The standard InChI is InChI=1S/C10H23N3/c1-2-3-5-12-7-9-13(6-4-11)10-8-12/h2-11H2,1H3. The molecule has 13 heavy (non-hydrogen) atoms. The fourth-order valence-corrected chi connectivity index (χ4v) is 1.80. The SMILES string of the molecule is CCCCN1CCN(CCN)CC1. The molecule has 1 fully saturated rings. The molecule has 0 unspecified atom stereocenters. The second kappa shape index (κ2) is 6.35. The molecule has 0 saturated carbocycles. The zero-order chi connectivity index (χ0) is 9.52. The molecule has 0 amide bonds. The monoisotopic (exact) mass is 185 g/mol. The van der Waals surface area contributed by atoms with E-state index in [1.807, 2.05) is 0 Å². The van der Waals surface area contributed by atoms with Crippen molar-refractivity contribution in [3.05, 3.63) is 0 Å². The Balaban J connectivity index is 2.08. The summed E-state index contributed by atoms with van der Waals surface area (Å²) in [5, 5.41) is 0. The van der Waals surface area contributed by atoms with Crippen molar-refractivity contribution < 1.29 is 0 Å². The number of unbranched alkanes of at least 4 members (excludes halogenated alkanes) is 1. The topological polar surface area (TPSA) is 32.5 Å². The number of hydrogen-bond acceptors (Lipinski definition) is 3. The molecule has 1 rings (SSSR count). The molecular weight excluding hydrogens is 162 g/mol. The van der Waals surface area contributed by atoms with E-state index in [0.717, 1.165) is 13.1 Å². The summed E-state index contributed by atoms with van der Waals surface area (Å²) in [6.45, 7) is 10.3. The molecule has 0 aliphatic carbocycles. The van der Waals surface area contributed by atoms with Gasteiger partial charge in [0.2, 0.25) is 0 Å². The predicted molar refractivity (Wildman–Crippen MR) is 56.8 cm³/mol. The molecule has 1 aliphatic rings. The lowest BCUT2D eigenvalue weighted by Gasteiger charge is -2.34. The molecule has 0 aromatic rings. The van der Waals surface area contributed by atoms with Crippen molar-refractivity contribution in [3.63, 3.8) is 0 Å². The molecule has 0 radical (unpaired) electrons. The number of rotatable bonds is 5. The van der Waals surface area contributed by atoms with Crippen molar-refractivity contribution in [3.8, 4) is 0 Å². The van der Waals surface area contributed by atoms with Crippen LogP contribution in [-0.4, -0.2) is 55.6 Å². The van der Waals surface area contributed by atoms with Gasteiger partial charge >= 0.3 is 0 Å². The normalized spacial score (nSPS) is 20.8. The van der Waals surface area contributed by atoms with E-state index in [9.17, 15) is 0 Å². The Morgan fingerprint density at radius 1 is 1.00 bits per heavy atom. The quantitative estimate of drug-likeness (QED) is 0.671. The number of hydrogen-bond donors (Lipinski definition) is 1. The molecule has 0 aromatic heterocycles. The summed E-state index contributed by atoms with van der Waals surface area (Å²) in [4.78, 5) is 5.03. The number of nitrogens with zero attached hydrogens (tertiary/aromatic N) is 2. The van der Waals surface area contributed by atoms with Gasteiger partial charge < -0.3 is 10.6 Å². The van der Waals surface area contributed by atoms with Gasteiger partial charge in [0.15, 0.2) is 0 Å². The minimum Gasteiger partial charge on any atom is -0.329 e. The number of piperazine rings is 1. The van der Waals surface area contributed by atoms with Crippen LogP contribution in [0.2, 0.25) is 0 Å². The van der Waals surface area contributed by atoms with Crippen LogP contribution in [0.15, 0.2) is 0 Å². The third-order valence-electron chi connectivity index (χ3n) is 2.74. The molecule has 0 bridgehead atoms. The van der Waals surface area contributed by atoms with Crippen molar-refractivity contribution in [1.29, 1.82) is 0 Å². The van der Waals surface area contributed by atoms with E-state index in [-0.39, 0.29) is 0 Å². The highest BCUT2D eigenvalue weighted by atomic mass is 15.3. The van der Waals surface area contributed by atoms with E-state index < -0.39 is 0 Å². The van der Waals surface area contributed by atoms with Crippen LogP contribution in [0.3, 0.4) is 0 Å². The summed E-state index contributed by atoms with van der Waals surface area (Å²) in [7, 11) is 0. The van der Waals surface area contributed by atoms with Gasteiger partial charge in [-0.05, 0) is 13.0 Å². The van der Waals surface area contributed by atoms with Crippen LogP contribution in [0.5, 0.6) is 0 Å². The van der Waals surface area contributed by atoms with Gasteiger partial charge in [0.1, 0.15) is 0 Å². The summed E-state index contributed by atoms with van der Waals surface area (Å²) < 4.78 is 0. The van der Waals surface area contributed by atoms with Crippen LogP contribution in [0.1, 0.15) is 19.8 Å². The van der Waals surface area contributed by atoms with Gasteiger partial charge in [-0.2, -0.15) is 0 Å². The van der Waals surface area contributed by atoms with E-state index in [1.165, 1.54) is 45.6 Å². The maximum atomic E-state index is 5.52. The van der Waals surface area contributed by atoms with Crippen molar-refractivity contribution >= 4 is 0 Å². The van der Waals surface area contributed by atoms with E-state index >= 15 is 0 Å². The van der Waals surface area contributed by atoms with Crippen molar-refractivity contribution in [1.82, 2.24) is 9.80 Å². The summed E-state index contributed by atoms with van der Waals surface area (Å²) in [6.07, 6.45) is 2.65. The molecule has 2 N–H and O–H groups in total. The van der Waals surface area contributed by atoms with Crippen LogP contribution in [0.4, 0.5) is 0 Å². The first kappa shape index (κ1) is 11.0. The zero-order valence-electron chi connectivity index (χ0n) is 8.84. The molecule has 3 nitrogen and oxygen atoms in total. The Kier molecular flexibility index (Phi) is 5.35. The zero-order valence-corrected chi connectivity index (χ0v) is 8.84. The van der Waals surface area contributed by atoms with Gasteiger partial charge in [0.25, 0.3) is 0 Å². The minimum absolute atomic E-state index is 0.801. The summed E-state index contributed by atoms with van der Waals surface area (Å²) in [5.41, 5.74) is 5.52. The summed E-state index contributed by atoms with van der Waals surface area (Å²) in [5.74, 6) is 0. The van der Waals surface area contributed by atoms with Crippen LogP contribution in [0, 0.1) is 0 Å². The lowest BCUT2D eigenvalue weighted by Crippen LogP contribution is -2.47. The van der Waals surface area contributed by atoms with Crippen molar-refractivity contribution in [2.75, 3.05) is 45.8 Å². The molecule has 1 aliphatic heterocycles. The molecule has 1 heterocycles. The Labute approximate surface area is 81.9 Å². The highest BCUT2D eigenvalue weighted by molar-refractivity contribution is 4.71. The van der Waals surface area contributed by atoms with Crippen LogP contribution in [-0.2, 0) is 0 Å². The average molecular weight is 185 g/mol. The summed E-state index contributed by atoms with van der Waals surface area (Å²) in [6, 6.07) is 0. The largest absolute Gasteiger partial charge is 0.329 e. The van der Waals surface area contributed by atoms with Crippen LogP contribution < -0.4 is 5.73 Å². The fourth-order valence-electron chi connectivity index (χ4n) is 1.80. The third kappa shape index (κ3) is 4.07. The van der Waals surface area contributed by atoms with Gasteiger partial charge in [-0.3, -0.25) is 4.90 Å². The van der Waals surface area contributed by atoms with Crippen LogP contribution in [0.25, 0.3) is 0 Å². The van der Waals surface area contributed by atoms with E-state index in [4.69, 9.17) is 5.73 Å². The molecule has 0 aromatic carbocycles. The molecule has 3 heteroatoms. The highest BCUT2D eigenvalue weighted by Gasteiger charge is 2.14. The first-order valence-corrected chi connectivity index (χ1v) is 5.51.